The molecule has 1 rings (SSSR count). The molecular weight excluding hydrogens is 264 g/mol. The number of carbonyl (C=O) groups excluding carboxylic acids is 3. The summed E-state index contributed by atoms with van der Waals surface area (Å²) in [6.45, 7) is 5.10. The fraction of sp³-hybridized carbons (Fsp3) is 0.143. The zero-order valence-electron chi connectivity index (χ0n) is 10.7. The third kappa shape index (κ3) is 4.16. The van der Waals surface area contributed by atoms with E-state index in [2.05, 4.69) is 11.3 Å². The van der Waals surface area contributed by atoms with Crippen LogP contribution >= 0.6 is 0 Å². The second-order valence-electron chi connectivity index (χ2n) is 4.01. The molecule has 1 N–H and O–H groups in total. The van der Waals surface area contributed by atoms with E-state index in [1.807, 2.05) is 6.92 Å². The van der Waals surface area contributed by atoms with Gasteiger partial charge in [0.05, 0.1) is 0 Å². The van der Waals surface area contributed by atoms with Crippen LogP contribution in [0.15, 0.2) is 36.4 Å². The van der Waals surface area contributed by atoms with E-state index in [4.69, 9.17) is 5.11 Å². The Hall–Kier alpha value is -2.76. The van der Waals surface area contributed by atoms with E-state index >= 15 is 0 Å². The molecule has 20 heavy (non-hydrogen) atoms. The maximum atomic E-state index is 11.9. The van der Waals surface area contributed by atoms with Crippen LogP contribution in [0.2, 0.25) is 0 Å². The molecule has 0 atom stereocenters. The van der Waals surface area contributed by atoms with Gasteiger partial charge >= 0.3 is 17.9 Å². The van der Waals surface area contributed by atoms with Crippen LogP contribution in [0.1, 0.15) is 22.3 Å². The minimum atomic E-state index is -1.43. The summed E-state index contributed by atoms with van der Waals surface area (Å²) >= 11 is 0. The first kappa shape index (κ1) is 15.3. The van der Waals surface area contributed by atoms with E-state index in [1.54, 1.807) is 12.1 Å². The number of benzene rings is 1. The number of ketones is 1. The normalized spacial score (nSPS) is 9.65. The second kappa shape index (κ2) is 6.42. The lowest BCUT2D eigenvalue weighted by atomic mass is 10.0. The summed E-state index contributed by atoms with van der Waals surface area (Å²) in [5, 5.41) is 8.35. The molecule has 104 valence electrons. The molecule has 0 aliphatic carbocycles. The molecule has 1 aromatic rings. The van der Waals surface area contributed by atoms with Crippen molar-refractivity contribution < 1.29 is 29.0 Å². The highest BCUT2D eigenvalue weighted by molar-refractivity contribution is 6.25. The summed E-state index contributed by atoms with van der Waals surface area (Å²) in [6, 6.07) is 6.38. The lowest BCUT2D eigenvalue weighted by Crippen LogP contribution is -2.20. The third-order valence-electron chi connectivity index (χ3n) is 2.34. The van der Waals surface area contributed by atoms with Crippen molar-refractivity contribution in [2.45, 2.75) is 13.3 Å². The Morgan fingerprint density at radius 1 is 1.15 bits per heavy atom. The highest BCUT2D eigenvalue weighted by Gasteiger charge is 2.22. The van der Waals surface area contributed by atoms with Crippen LogP contribution in [0, 0.1) is 6.92 Å². The van der Waals surface area contributed by atoms with Crippen molar-refractivity contribution >= 4 is 23.7 Å². The SMILES string of the molecule is C=C(C(=O)OC(=O)CC(=O)O)C(=O)c1ccc(C)cc1. The van der Waals surface area contributed by atoms with Gasteiger partial charge in [-0.2, -0.15) is 0 Å². The van der Waals surface area contributed by atoms with Crippen LogP contribution in [0.3, 0.4) is 0 Å². The van der Waals surface area contributed by atoms with Gasteiger partial charge in [-0.3, -0.25) is 14.4 Å². The highest BCUT2D eigenvalue weighted by atomic mass is 16.6. The van der Waals surface area contributed by atoms with Gasteiger partial charge in [0.25, 0.3) is 0 Å². The molecule has 6 nitrogen and oxygen atoms in total. The molecule has 0 amide bonds. The molecule has 0 spiro atoms. The Kier molecular flexibility index (Phi) is 4.91. The van der Waals surface area contributed by atoms with Gasteiger partial charge in [0.2, 0.25) is 0 Å². The zero-order chi connectivity index (χ0) is 15.3. The van der Waals surface area contributed by atoms with Gasteiger partial charge in [-0.25, -0.2) is 4.79 Å². The van der Waals surface area contributed by atoms with Crippen molar-refractivity contribution in [3.63, 3.8) is 0 Å². The number of Topliss-reactive ketones (excluding diaryl/α,β-unsaturated/α-hetero) is 1. The summed E-state index contributed by atoms with van der Waals surface area (Å²) in [7, 11) is 0. The van der Waals surface area contributed by atoms with Gasteiger partial charge in [-0.15, -0.1) is 0 Å². The van der Waals surface area contributed by atoms with Gasteiger partial charge < -0.3 is 9.84 Å². The van der Waals surface area contributed by atoms with Crippen LogP contribution in [0.4, 0.5) is 0 Å². The Morgan fingerprint density at radius 2 is 1.70 bits per heavy atom. The van der Waals surface area contributed by atoms with Gasteiger partial charge in [0.15, 0.2) is 5.78 Å². The minimum absolute atomic E-state index is 0.225. The number of carbonyl (C=O) groups is 4. The molecule has 0 aromatic heterocycles. The number of ether oxygens (including phenoxy) is 1. The molecule has 0 saturated carbocycles. The van der Waals surface area contributed by atoms with E-state index in [-0.39, 0.29) is 5.56 Å². The summed E-state index contributed by atoms with van der Waals surface area (Å²) in [5.41, 5.74) is 0.627. The summed E-state index contributed by atoms with van der Waals surface area (Å²) in [4.78, 5) is 44.6. The quantitative estimate of drug-likeness (QED) is 0.286. The molecule has 0 unspecified atom stereocenters. The fourth-order valence-corrected chi connectivity index (χ4v) is 1.30. The summed E-state index contributed by atoms with van der Waals surface area (Å²) in [5.74, 6) is -4.61. The number of esters is 2. The van der Waals surface area contributed by atoms with E-state index < -0.39 is 35.7 Å². The lowest BCUT2D eigenvalue weighted by Gasteiger charge is -2.04. The standard InChI is InChI=1S/C14H12O6/c1-8-3-5-10(6-4-8)13(18)9(2)14(19)20-12(17)7-11(15)16/h3-6H,2,7H2,1H3,(H,15,16). The Balaban J connectivity index is 2.72. The van der Waals surface area contributed by atoms with E-state index in [0.29, 0.717) is 0 Å². The molecule has 0 fully saturated rings. The van der Waals surface area contributed by atoms with Gasteiger partial charge in [0, 0.05) is 5.56 Å². The van der Waals surface area contributed by atoms with Crippen molar-refractivity contribution in [3.8, 4) is 0 Å². The van der Waals surface area contributed by atoms with Crippen molar-refractivity contribution in [2.75, 3.05) is 0 Å². The third-order valence-corrected chi connectivity index (χ3v) is 2.34. The fourth-order valence-electron chi connectivity index (χ4n) is 1.30. The van der Waals surface area contributed by atoms with Crippen LogP contribution in [-0.2, 0) is 19.1 Å². The van der Waals surface area contributed by atoms with Crippen molar-refractivity contribution in [1.29, 1.82) is 0 Å². The van der Waals surface area contributed by atoms with Crippen molar-refractivity contribution in [3.05, 3.63) is 47.5 Å². The molecule has 0 heterocycles. The molecule has 0 bridgehead atoms. The van der Waals surface area contributed by atoms with Crippen LogP contribution < -0.4 is 0 Å². The van der Waals surface area contributed by atoms with Gasteiger partial charge in [0.1, 0.15) is 12.0 Å². The number of aryl methyl sites for hydroxylation is 1. The minimum Gasteiger partial charge on any atom is -0.481 e. The number of rotatable bonds is 5. The average Bonchev–Trinajstić information content (AvgIpc) is 2.36. The topological polar surface area (TPSA) is 97.7 Å². The lowest BCUT2D eigenvalue weighted by molar-refractivity contribution is -0.159. The predicted molar refractivity (Wildman–Crippen MR) is 68.0 cm³/mol. The molecular formula is C14H12O6. The van der Waals surface area contributed by atoms with Gasteiger partial charge in [-0.05, 0) is 6.92 Å². The molecule has 6 heteroatoms. The predicted octanol–water partition coefficient (Wildman–Crippen LogP) is 1.28. The van der Waals surface area contributed by atoms with Crippen molar-refractivity contribution in [1.82, 2.24) is 0 Å². The molecule has 0 saturated heterocycles. The van der Waals surface area contributed by atoms with E-state index in [0.717, 1.165) is 5.56 Å². The molecule has 0 radical (unpaired) electrons. The Labute approximate surface area is 114 Å². The number of carboxylic acid groups (broad SMARTS) is 1. The Morgan fingerprint density at radius 3 is 2.20 bits per heavy atom. The van der Waals surface area contributed by atoms with Gasteiger partial charge in [-0.1, -0.05) is 36.4 Å². The highest BCUT2D eigenvalue weighted by Crippen LogP contribution is 2.10. The first-order chi connectivity index (χ1) is 9.31. The van der Waals surface area contributed by atoms with Crippen LogP contribution in [-0.4, -0.2) is 28.8 Å². The average molecular weight is 276 g/mol. The summed E-state index contributed by atoms with van der Waals surface area (Å²) < 4.78 is 4.21. The first-order valence-corrected chi connectivity index (χ1v) is 5.58. The largest absolute Gasteiger partial charge is 0.481 e. The zero-order valence-corrected chi connectivity index (χ0v) is 10.7. The van der Waals surface area contributed by atoms with Crippen LogP contribution in [0.25, 0.3) is 0 Å². The molecule has 1 aromatic carbocycles. The Bertz CT molecular complexity index is 582. The van der Waals surface area contributed by atoms with Crippen LogP contribution in [0.5, 0.6) is 0 Å². The molecule has 0 aliphatic heterocycles. The summed E-state index contributed by atoms with van der Waals surface area (Å²) in [6.07, 6.45) is -0.961. The number of carboxylic acids is 1. The maximum Gasteiger partial charge on any atom is 0.349 e. The smallest absolute Gasteiger partial charge is 0.349 e. The number of hydrogen-bond donors (Lipinski definition) is 1. The second-order valence-corrected chi connectivity index (χ2v) is 4.01. The van der Waals surface area contributed by atoms with E-state index in [9.17, 15) is 19.2 Å². The van der Waals surface area contributed by atoms with E-state index in [1.165, 1.54) is 12.1 Å². The first-order valence-electron chi connectivity index (χ1n) is 5.58. The number of hydrogen-bond acceptors (Lipinski definition) is 5. The maximum absolute atomic E-state index is 11.9. The van der Waals surface area contributed by atoms with Crippen molar-refractivity contribution in [2.24, 2.45) is 0 Å². The number of aliphatic carboxylic acids is 1. The monoisotopic (exact) mass is 276 g/mol. The molecule has 0 aliphatic rings.